The van der Waals surface area contributed by atoms with Gasteiger partial charge in [0.25, 0.3) is 5.91 Å². The van der Waals surface area contributed by atoms with Crippen molar-refractivity contribution in [2.75, 3.05) is 35.8 Å². The van der Waals surface area contributed by atoms with Gasteiger partial charge in [-0.1, -0.05) is 12.1 Å². The average molecular weight is 425 g/mol. The Labute approximate surface area is 179 Å². The van der Waals surface area contributed by atoms with Gasteiger partial charge in [0.1, 0.15) is 5.75 Å². The molecule has 1 aliphatic heterocycles. The van der Waals surface area contributed by atoms with E-state index in [2.05, 4.69) is 10.6 Å². The van der Waals surface area contributed by atoms with E-state index in [1.165, 1.54) is 18.9 Å². The molecule has 9 heteroatoms. The third-order valence-electron chi connectivity index (χ3n) is 4.67. The van der Waals surface area contributed by atoms with Crippen LogP contribution in [0, 0.1) is 5.92 Å². The molecule has 1 saturated heterocycles. The number of amides is 3. The molecule has 1 aliphatic rings. The van der Waals surface area contributed by atoms with Gasteiger partial charge < -0.3 is 25.0 Å². The lowest BCUT2D eigenvalue weighted by molar-refractivity contribution is -0.151. The second kappa shape index (κ2) is 9.75. The molecular weight excluding hydrogens is 402 g/mol. The Morgan fingerprint density at radius 3 is 2.32 bits per heavy atom. The summed E-state index contributed by atoms with van der Waals surface area (Å²) in [5, 5.41) is 5.23. The minimum Gasteiger partial charge on any atom is -0.495 e. The Morgan fingerprint density at radius 1 is 1.03 bits per heavy atom. The Balaban J connectivity index is 1.51. The lowest BCUT2D eigenvalue weighted by Crippen LogP contribution is -2.28. The van der Waals surface area contributed by atoms with Crippen LogP contribution in [-0.4, -0.2) is 44.0 Å². The predicted octanol–water partition coefficient (Wildman–Crippen LogP) is 2.19. The van der Waals surface area contributed by atoms with Crippen LogP contribution in [0.3, 0.4) is 0 Å². The number of hydrogen-bond acceptors (Lipinski definition) is 6. The number of rotatable bonds is 7. The van der Waals surface area contributed by atoms with Gasteiger partial charge in [-0.15, -0.1) is 0 Å². The van der Waals surface area contributed by atoms with Crippen molar-refractivity contribution >= 4 is 40.8 Å². The van der Waals surface area contributed by atoms with Crippen LogP contribution in [0.2, 0.25) is 0 Å². The first kappa shape index (κ1) is 21.8. The van der Waals surface area contributed by atoms with Gasteiger partial charge in [-0.3, -0.25) is 19.2 Å². The molecule has 0 spiro atoms. The normalized spacial score (nSPS) is 15.4. The number of nitrogens with one attached hydrogen (secondary N) is 2. The first-order valence-electron chi connectivity index (χ1n) is 9.65. The summed E-state index contributed by atoms with van der Waals surface area (Å²) in [7, 11) is 1.51. The maximum Gasteiger partial charge on any atom is 0.311 e. The standard InChI is InChI=1S/C22H23N3O6/c1-14(26)23-16-7-9-17(10-8-16)24-20(27)13-31-22(29)15-11-21(28)25(12-15)18-5-3-4-6-19(18)30-2/h3-10,15H,11-13H2,1-2H3,(H,23,26)(H,24,27)/t15-/m0/s1. The average Bonchev–Trinajstić information content (AvgIpc) is 3.14. The molecule has 2 aromatic carbocycles. The number of methoxy groups -OCH3 is 1. The van der Waals surface area contributed by atoms with Crippen LogP contribution in [0.4, 0.5) is 17.1 Å². The van der Waals surface area contributed by atoms with Crippen LogP contribution in [0.15, 0.2) is 48.5 Å². The third kappa shape index (κ3) is 5.59. The van der Waals surface area contributed by atoms with Crippen LogP contribution in [-0.2, 0) is 23.9 Å². The number of benzene rings is 2. The molecule has 0 aliphatic carbocycles. The number of anilines is 3. The van der Waals surface area contributed by atoms with E-state index < -0.39 is 24.4 Å². The molecule has 0 unspecified atom stereocenters. The minimum absolute atomic E-state index is 0.00309. The molecule has 1 atom stereocenters. The van der Waals surface area contributed by atoms with E-state index in [0.29, 0.717) is 22.8 Å². The molecule has 2 aromatic rings. The zero-order chi connectivity index (χ0) is 22.4. The van der Waals surface area contributed by atoms with Gasteiger partial charge in [0.05, 0.1) is 18.7 Å². The van der Waals surface area contributed by atoms with E-state index in [1.54, 1.807) is 48.5 Å². The summed E-state index contributed by atoms with van der Waals surface area (Å²) in [5.74, 6) is -1.65. The molecule has 0 bridgehead atoms. The highest BCUT2D eigenvalue weighted by molar-refractivity contribution is 6.01. The van der Waals surface area contributed by atoms with Crippen molar-refractivity contribution in [3.05, 3.63) is 48.5 Å². The topological polar surface area (TPSA) is 114 Å². The Bertz CT molecular complexity index is 989. The monoisotopic (exact) mass is 425 g/mol. The van der Waals surface area contributed by atoms with Crippen molar-refractivity contribution in [2.24, 2.45) is 5.92 Å². The molecule has 0 aromatic heterocycles. The van der Waals surface area contributed by atoms with Crippen LogP contribution in [0.1, 0.15) is 13.3 Å². The largest absolute Gasteiger partial charge is 0.495 e. The summed E-state index contributed by atoms with van der Waals surface area (Å²) >= 11 is 0. The van der Waals surface area contributed by atoms with Gasteiger partial charge >= 0.3 is 5.97 Å². The lowest BCUT2D eigenvalue weighted by atomic mass is 10.1. The van der Waals surface area contributed by atoms with E-state index in [4.69, 9.17) is 9.47 Å². The van der Waals surface area contributed by atoms with E-state index in [-0.39, 0.29) is 24.8 Å². The summed E-state index contributed by atoms with van der Waals surface area (Å²) in [6.07, 6.45) is 0.00309. The van der Waals surface area contributed by atoms with E-state index in [1.807, 2.05) is 0 Å². The molecule has 0 radical (unpaired) electrons. The van der Waals surface area contributed by atoms with Gasteiger partial charge in [0.2, 0.25) is 11.8 Å². The number of nitrogens with zero attached hydrogens (tertiary/aromatic N) is 1. The number of para-hydroxylation sites is 2. The highest BCUT2D eigenvalue weighted by Crippen LogP contribution is 2.33. The second-order valence-corrected chi connectivity index (χ2v) is 6.99. The molecule has 2 N–H and O–H groups in total. The van der Waals surface area contributed by atoms with Crippen molar-refractivity contribution in [1.29, 1.82) is 0 Å². The second-order valence-electron chi connectivity index (χ2n) is 6.99. The molecule has 9 nitrogen and oxygen atoms in total. The number of carbonyl (C=O) groups is 4. The predicted molar refractivity (Wildman–Crippen MR) is 114 cm³/mol. The van der Waals surface area contributed by atoms with Crippen LogP contribution in [0.25, 0.3) is 0 Å². The molecule has 3 amide bonds. The molecule has 31 heavy (non-hydrogen) atoms. The van der Waals surface area contributed by atoms with E-state index in [0.717, 1.165) is 0 Å². The fourth-order valence-corrected chi connectivity index (χ4v) is 3.24. The fourth-order valence-electron chi connectivity index (χ4n) is 3.24. The highest BCUT2D eigenvalue weighted by atomic mass is 16.5. The summed E-state index contributed by atoms with van der Waals surface area (Å²) in [5.41, 5.74) is 1.68. The van der Waals surface area contributed by atoms with Crippen molar-refractivity contribution in [3.8, 4) is 5.75 Å². The van der Waals surface area contributed by atoms with E-state index >= 15 is 0 Å². The van der Waals surface area contributed by atoms with Crippen molar-refractivity contribution in [3.63, 3.8) is 0 Å². The Morgan fingerprint density at radius 2 is 1.68 bits per heavy atom. The summed E-state index contributed by atoms with van der Waals surface area (Å²) in [6, 6.07) is 13.6. The third-order valence-corrected chi connectivity index (χ3v) is 4.67. The lowest BCUT2D eigenvalue weighted by Gasteiger charge is -2.19. The Hall–Kier alpha value is -3.88. The quantitative estimate of drug-likeness (QED) is 0.658. The van der Waals surface area contributed by atoms with Crippen molar-refractivity contribution in [2.45, 2.75) is 13.3 Å². The first-order valence-corrected chi connectivity index (χ1v) is 9.65. The maximum absolute atomic E-state index is 12.4. The minimum atomic E-state index is -0.665. The van der Waals surface area contributed by atoms with Gasteiger partial charge in [0, 0.05) is 31.3 Å². The zero-order valence-electron chi connectivity index (χ0n) is 17.2. The van der Waals surface area contributed by atoms with Gasteiger partial charge in [-0.05, 0) is 36.4 Å². The maximum atomic E-state index is 12.4. The molecule has 1 fully saturated rings. The number of ether oxygens (including phenoxy) is 2. The smallest absolute Gasteiger partial charge is 0.311 e. The summed E-state index contributed by atoms with van der Waals surface area (Å²) in [4.78, 5) is 49.4. The number of hydrogen-bond donors (Lipinski definition) is 2. The molecular formula is C22H23N3O6. The number of esters is 1. The van der Waals surface area contributed by atoms with Gasteiger partial charge in [-0.25, -0.2) is 0 Å². The van der Waals surface area contributed by atoms with Crippen molar-refractivity contribution in [1.82, 2.24) is 0 Å². The van der Waals surface area contributed by atoms with Gasteiger partial charge in [-0.2, -0.15) is 0 Å². The SMILES string of the molecule is COc1ccccc1N1C[C@@H](C(=O)OCC(=O)Nc2ccc(NC(C)=O)cc2)CC1=O. The summed E-state index contributed by atoms with van der Waals surface area (Å²) < 4.78 is 10.4. The molecule has 3 rings (SSSR count). The molecule has 1 heterocycles. The van der Waals surface area contributed by atoms with Gasteiger partial charge in [0.15, 0.2) is 6.61 Å². The van der Waals surface area contributed by atoms with Crippen LogP contribution >= 0.6 is 0 Å². The van der Waals surface area contributed by atoms with Crippen LogP contribution < -0.4 is 20.3 Å². The zero-order valence-corrected chi connectivity index (χ0v) is 17.2. The first-order chi connectivity index (χ1) is 14.9. The Kier molecular flexibility index (Phi) is 6.86. The van der Waals surface area contributed by atoms with E-state index in [9.17, 15) is 19.2 Å². The molecule has 162 valence electrons. The summed E-state index contributed by atoms with van der Waals surface area (Å²) in [6.45, 7) is 1.09. The fraction of sp³-hybridized carbons (Fsp3) is 0.273. The van der Waals surface area contributed by atoms with Crippen molar-refractivity contribution < 1.29 is 28.7 Å². The highest BCUT2D eigenvalue weighted by Gasteiger charge is 2.37. The number of carbonyl (C=O) groups excluding carboxylic acids is 4. The molecule has 0 saturated carbocycles. The van der Waals surface area contributed by atoms with Crippen LogP contribution in [0.5, 0.6) is 5.75 Å².